The molecule has 6 heteroatoms. The van der Waals surface area contributed by atoms with Crippen LogP contribution in [-0.4, -0.2) is 19.5 Å². The lowest BCUT2D eigenvalue weighted by Gasteiger charge is -2.04. The first-order valence-electron chi connectivity index (χ1n) is 6.53. The van der Waals surface area contributed by atoms with E-state index in [1.807, 2.05) is 25.4 Å². The van der Waals surface area contributed by atoms with Crippen LogP contribution in [-0.2, 0) is 18.8 Å². The number of hydrogen-bond donors (Lipinski definition) is 0. The third-order valence-electron chi connectivity index (χ3n) is 3.28. The van der Waals surface area contributed by atoms with Gasteiger partial charge in [0.15, 0.2) is 5.65 Å². The van der Waals surface area contributed by atoms with Crippen LogP contribution in [0.2, 0.25) is 0 Å². The zero-order valence-electron chi connectivity index (χ0n) is 11.4. The van der Waals surface area contributed by atoms with Crippen LogP contribution < -0.4 is 0 Å². The van der Waals surface area contributed by atoms with Crippen LogP contribution in [0.4, 0.5) is 0 Å². The number of pyridine rings is 1. The van der Waals surface area contributed by atoms with Gasteiger partial charge in [-0.15, -0.1) is 22.9 Å². The topological polar surface area (TPSA) is 43.6 Å². The van der Waals surface area contributed by atoms with E-state index < -0.39 is 0 Å². The lowest BCUT2D eigenvalue weighted by molar-refractivity contribution is 0.765. The van der Waals surface area contributed by atoms with Crippen LogP contribution in [0.15, 0.2) is 18.5 Å². The molecule has 0 saturated carbocycles. The molecule has 20 heavy (non-hydrogen) atoms. The van der Waals surface area contributed by atoms with E-state index in [-0.39, 0.29) is 0 Å². The van der Waals surface area contributed by atoms with Crippen molar-refractivity contribution in [3.8, 4) is 0 Å². The number of alkyl halides is 1. The fourth-order valence-electron chi connectivity index (χ4n) is 2.17. The first-order valence-corrected chi connectivity index (χ1v) is 7.88. The van der Waals surface area contributed by atoms with Gasteiger partial charge in [0.1, 0.15) is 16.3 Å². The summed E-state index contributed by atoms with van der Waals surface area (Å²) in [5.74, 6) is 1.22. The fraction of sp³-hybridized carbons (Fsp3) is 0.357. The summed E-state index contributed by atoms with van der Waals surface area (Å²) in [6.07, 6.45) is 4.77. The molecule has 0 aliphatic heterocycles. The molecule has 0 amide bonds. The molecule has 3 aromatic heterocycles. The van der Waals surface area contributed by atoms with E-state index in [1.54, 1.807) is 11.3 Å². The monoisotopic (exact) mass is 306 g/mol. The van der Waals surface area contributed by atoms with Gasteiger partial charge >= 0.3 is 0 Å². The molecule has 0 aliphatic carbocycles. The molecule has 0 aliphatic rings. The minimum absolute atomic E-state index is 0.377. The third kappa shape index (κ3) is 2.31. The largest absolute Gasteiger partial charge is 0.305 e. The zero-order valence-corrected chi connectivity index (χ0v) is 13.0. The van der Waals surface area contributed by atoms with Gasteiger partial charge in [-0.3, -0.25) is 0 Å². The molecular formula is C14H15ClN4S. The number of nitrogens with zero attached hydrogens (tertiary/aromatic N) is 4. The second-order valence-electron chi connectivity index (χ2n) is 4.62. The lowest BCUT2D eigenvalue weighted by atomic mass is 10.3. The third-order valence-corrected chi connectivity index (χ3v) is 4.64. The van der Waals surface area contributed by atoms with Gasteiger partial charge in [-0.05, 0) is 25.0 Å². The van der Waals surface area contributed by atoms with Gasteiger partial charge in [0.2, 0.25) is 0 Å². The van der Waals surface area contributed by atoms with Crippen molar-refractivity contribution in [2.24, 2.45) is 0 Å². The summed E-state index contributed by atoms with van der Waals surface area (Å²) in [6.45, 7) is 4.86. The van der Waals surface area contributed by atoms with E-state index in [1.165, 1.54) is 4.88 Å². The summed E-state index contributed by atoms with van der Waals surface area (Å²) >= 11 is 7.76. The van der Waals surface area contributed by atoms with Crippen molar-refractivity contribution in [2.45, 2.75) is 32.7 Å². The van der Waals surface area contributed by atoms with Gasteiger partial charge in [0.25, 0.3) is 0 Å². The summed E-state index contributed by atoms with van der Waals surface area (Å²) < 4.78 is 2.06. The highest BCUT2D eigenvalue weighted by atomic mass is 35.5. The Morgan fingerprint density at radius 1 is 1.35 bits per heavy atom. The number of aryl methyl sites for hydroxylation is 2. The Morgan fingerprint density at radius 3 is 2.90 bits per heavy atom. The molecular weight excluding hydrogens is 292 g/mol. The van der Waals surface area contributed by atoms with Gasteiger partial charge in [-0.1, -0.05) is 6.92 Å². The fourth-order valence-corrected chi connectivity index (χ4v) is 3.23. The number of imidazole rings is 1. The molecule has 0 bridgehead atoms. The van der Waals surface area contributed by atoms with Crippen LogP contribution in [0.5, 0.6) is 0 Å². The predicted octanol–water partition coefficient (Wildman–Crippen LogP) is 3.55. The smallest absolute Gasteiger partial charge is 0.160 e. The van der Waals surface area contributed by atoms with Crippen LogP contribution in [0.25, 0.3) is 11.2 Å². The van der Waals surface area contributed by atoms with Crippen LogP contribution in [0.1, 0.15) is 28.2 Å². The van der Waals surface area contributed by atoms with Gasteiger partial charge < -0.3 is 4.57 Å². The molecule has 3 heterocycles. The van der Waals surface area contributed by atoms with Crippen molar-refractivity contribution in [3.05, 3.63) is 39.7 Å². The van der Waals surface area contributed by atoms with Gasteiger partial charge in [-0.25, -0.2) is 15.0 Å². The Hall–Kier alpha value is -1.46. The van der Waals surface area contributed by atoms with E-state index in [0.717, 1.165) is 34.0 Å². The maximum absolute atomic E-state index is 6.03. The summed E-state index contributed by atoms with van der Waals surface area (Å²) in [4.78, 5) is 14.8. The Kier molecular flexibility index (Phi) is 3.72. The maximum atomic E-state index is 6.03. The predicted molar refractivity (Wildman–Crippen MR) is 82.4 cm³/mol. The Balaban J connectivity index is 2.07. The molecule has 104 valence electrons. The second-order valence-corrected chi connectivity index (χ2v) is 6.09. The number of aromatic nitrogens is 4. The maximum Gasteiger partial charge on any atom is 0.160 e. The number of fused-ring (bicyclic) bond motifs is 1. The van der Waals surface area contributed by atoms with Crippen molar-refractivity contribution in [1.82, 2.24) is 19.5 Å². The van der Waals surface area contributed by atoms with Crippen molar-refractivity contribution in [3.63, 3.8) is 0 Å². The van der Waals surface area contributed by atoms with Gasteiger partial charge in [0, 0.05) is 17.3 Å². The first kappa shape index (κ1) is 13.5. The van der Waals surface area contributed by atoms with E-state index >= 15 is 0 Å². The molecule has 0 spiro atoms. The Labute approximate surface area is 126 Å². The SMILES string of the molecule is CCc1cnc(Cn2c(CCl)nc3c(C)ccnc32)s1. The number of hydrogen-bond acceptors (Lipinski definition) is 4. The van der Waals surface area contributed by atoms with Crippen molar-refractivity contribution in [2.75, 3.05) is 0 Å². The molecule has 3 aromatic rings. The first-order chi connectivity index (χ1) is 9.72. The standard InChI is InChI=1S/C14H15ClN4S/c1-3-10-7-17-12(20-10)8-19-11(6-15)18-13-9(2)4-5-16-14(13)19/h4-5,7H,3,6,8H2,1-2H3. The average molecular weight is 307 g/mol. The highest BCUT2D eigenvalue weighted by molar-refractivity contribution is 7.11. The van der Waals surface area contributed by atoms with E-state index in [9.17, 15) is 0 Å². The molecule has 0 aromatic carbocycles. The second kappa shape index (κ2) is 5.50. The molecule has 0 atom stereocenters. The van der Waals surface area contributed by atoms with E-state index in [4.69, 9.17) is 11.6 Å². The minimum atomic E-state index is 0.377. The number of rotatable bonds is 4. The van der Waals surface area contributed by atoms with Crippen molar-refractivity contribution < 1.29 is 0 Å². The zero-order chi connectivity index (χ0) is 14.1. The quantitative estimate of drug-likeness (QED) is 0.692. The molecule has 0 radical (unpaired) electrons. The number of halogens is 1. The van der Waals surface area contributed by atoms with Crippen LogP contribution in [0, 0.1) is 6.92 Å². The Morgan fingerprint density at radius 2 is 2.20 bits per heavy atom. The number of thiazole rings is 1. The van der Waals surface area contributed by atoms with E-state index in [2.05, 4.69) is 26.4 Å². The molecule has 0 N–H and O–H groups in total. The van der Waals surface area contributed by atoms with Crippen LogP contribution >= 0.6 is 22.9 Å². The van der Waals surface area contributed by atoms with Crippen LogP contribution in [0.3, 0.4) is 0 Å². The highest BCUT2D eigenvalue weighted by Gasteiger charge is 2.14. The summed E-state index contributed by atoms with van der Waals surface area (Å²) in [6, 6.07) is 1.97. The summed E-state index contributed by atoms with van der Waals surface area (Å²) in [5, 5.41) is 1.07. The lowest BCUT2D eigenvalue weighted by Crippen LogP contribution is -2.04. The Bertz CT molecular complexity index is 747. The van der Waals surface area contributed by atoms with Gasteiger partial charge in [-0.2, -0.15) is 0 Å². The normalized spacial score (nSPS) is 11.3. The van der Waals surface area contributed by atoms with Crippen molar-refractivity contribution in [1.29, 1.82) is 0 Å². The summed E-state index contributed by atoms with van der Waals surface area (Å²) in [7, 11) is 0. The molecule has 0 saturated heterocycles. The molecule has 0 unspecified atom stereocenters. The summed E-state index contributed by atoms with van der Waals surface area (Å²) in [5.41, 5.74) is 2.93. The molecule has 3 rings (SSSR count). The highest BCUT2D eigenvalue weighted by Crippen LogP contribution is 2.22. The van der Waals surface area contributed by atoms with Gasteiger partial charge in [0.05, 0.1) is 12.4 Å². The minimum Gasteiger partial charge on any atom is -0.305 e. The molecule has 4 nitrogen and oxygen atoms in total. The molecule has 0 fully saturated rings. The average Bonchev–Trinajstić information content (AvgIpc) is 3.05. The van der Waals surface area contributed by atoms with E-state index in [0.29, 0.717) is 12.4 Å². The van der Waals surface area contributed by atoms with Crippen molar-refractivity contribution >= 4 is 34.1 Å².